The molecule has 0 unspecified atom stereocenters. The Hall–Kier alpha value is -7.82. The number of pyridine rings is 1. The Balaban J connectivity index is 1.13. The zero-order valence-corrected chi connectivity index (χ0v) is 45.0. The van der Waals surface area contributed by atoms with E-state index in [1.165, 1.54) is 47.9 Å². The fraction of sp³-hybridized carbons (Fsp3) is 0.239. The van der Waals surface area contributed by atoms with Crippen LogP contribution in [0.5, 0.6) is 5.75 Å². The first-order valence-corrected chi connectivity index (χ1v) is 27.0. The van der Waals surface area contributed by atoms with Crippen molar-refractivity contribution in [3.8, 4) is 78.6 Å². The summed E-state index contributed by atoms with van der Waals surface area (Å²) in [6.45, 7) is 18.2. The number of aromatic hydroxyl groups is 1. The number of hydrogen-bond acceptors (Lipinski definition) is 3. The van der Waals surface area contributed by atoms with E-state index in [-0.39, 0.29) is 22.0 Å². The molecule has 75 heavy (non-hydrogen) atoms. The number of aromatic nitrogens is 3. The third kappa shape index (κ3) is 9.87. The fourth-order valence-electron chi connectivity index (χ4n) is 11.4. The first-order valence-electron chi connectivity index (χ1n) is 27.0. The maximum Gasteiger partial charge on any atom is 0.149 e. The van der Waals surface area contributed by atoms with Gasteiger partial charge in [-0.05, 0) is 133 Å². The number of para-hydroxylation sites is 1. The van der Waals surface area contributed by atoms with Crippen LogP contribution in [0.4, 0.5) is 0 Å². The van der Waals surface area contributed by atoms with Gasteiger partial charge in [0, 0.05) is 33.9 Å². The average molecular weight is 980 g/mol. The van der Waals surface area contributed by atoms with Crippen LogP contribution in [0, 0.1) is 5.92 Å². The van der Waals surface area contributed by atoms with Gasteiger partial charge in [-0.15, -0.1) is 0 Å². The molecule has 11 rings (SSSR count). The quantitative estimate of drug-likeness (QED) is 0.140. The molecule has 0 spiro atoms. The van der Waals surface area contributed by atoms with E-state index in [1.54, 1.807) is 0 Å². The maximum atomic E-state index is 12.8. The first kappa shape index (κ1) is 49.4. The highest BCUT2D eigenvalue weighted by molar-refractivity contribution is 5.98. The summed E-state index contributed by atoms with van der Waals surface area (Å²) >= 11 is 0. The molecular formula is C71H69N3O. The Kier molecular flexibility index (Phi) is 13.0. The van der Waals surface area contributed by atoms with Crippen LogP contribution in [0.25, 0.3) is 83.9 Å². The fourth-order valence-corrected chi connectivity index (χ4v) is 11.4. The maximum absolute atomic E-state index is 12.8. The molecular weight excluding hydrogens is 911 g/mol. The second kappa shape index (κ2) is 19.8. The minimum atomic E-state index is -0.220. The van der Waals surface area contributed by atoms with Gasteiger partial charge in [0.1, 0.15) is 11.6 Å². The average Bonchev–Trinajstić information content (AvgIpc) is 4.09. The van der Waals surface area contributed by atoms with E-state index in [2.05, 4.69) is 236 Å². The van der Waals surface area contributed by atoms with Crippen LogP contribution < -0.4 is 0 Å². The molecule has 1 aliphatic carbocycles. The second-order valence-electron chi connectivity index (χ2n) is 23.6. The van der Waals surface area contributed by atoms with Crippen LogP contribution >= 0.6 is 0 Å². The van der Waals surface area contributed by atoms with Crippen molar-refractivity contribution in [2.45, 2.75) is 104 Å². The monoisotopic (exact) mass is 980 g/mol. The smallest absolute Gasteiger partial charge is 0.149 e. The van der Waals surface area contributed by atoms with E-state index >= 15 is 0 Å². The van der Waals surface area contributed by atoms with Gasteiger partial charge in [0.15, 0.2) is 0 Å². The number of benzene rings is 8. The Morgan fingerprint density at radius 2 is 1.04 bits per heavy atom. The van der Waals surface area contributed by atoms with Crippen molar-refractivity contribution in [1.82, 2.24) is 14.5 Å². The Labute approximate surface area is 444 Å². The lowest BCUT2D eigenvalue weighted by molar-refractivity contribution is 0.477. The predicted molar refractivity (Wildman–Crippen MR) is 315 cm³/mol. The lowest BCUT2D eigenvalue weighted by Crippen LogP contribution is -2.18. The molecule has 1 saturated carbocycles. The van der Waals surface area contributed by atoms with E-state index < -0.39 is 0 Å². The number of phenols is 1. The molecule has 0 bridgehead atoms. The van der Waals surface area contributed by atoms with Gasteiger partial charge in [-0.2, -0.15) is 0 Å². The standard InChI is InChI=1S/C71H69N3O/c1-69(2,3)57-42-53(40-54(43-57)63-44-52(36-37-72-63)51-28-20-31-56(41-51)71(7,8)55-29-16-11-17-30-55)59-32-21-33-65-66(59)73-68(62-46-58(70(4,5)6)45-61(67(62)75)50-26-14-10-15-27-50)74(65)64-35-34-48(38-47-22-18-19-23-47)39-60(64)49-24-12-9-13-25-49/h9-17,20-21,24-37,39-47,75H,18-19,22-23,38H2,1-8H3. The van der Waals surface area contributed by atoms with E-state index in [9.17, 15) is 5.11 Å². The van der Waals surface area contributed by atoms with Crippen LogP contribution in [0.1, 0.15) is 109 Å². The molecule has 0 atom stereocenters. The van der Waals surface area contributed by atoms with Crippen LogP contribution in [-0.2, 0) is 22.7 Å². The molecule has 4 nitrogen and oxygen atoms in total. The van der Waals surface area contributed by atoms with Crippen molar-refractivity contribution in [1.29, 1.82) is 0 Å². The third-order valence-corrected chi connectivity index (χ3v) is 16.0. The van der Waals surface area contributed by atoms with Crippen molar-refractivity contribution in [3.63, 3.8) is 0 Å². The Morgan fingerprint density at radius 3 is 1.73 bits per heavy atom. The second-order valence-corrected chi connectivity index (χ2v) is 23.6. The Morgan fingerprint density at radius 1 is 0.467 bits per heavy atom. The van der Waals surface area contributed by atoms with Crippen LogP contribution in [-0.4, -0.2) is 19.6 Å². The summed E-state index contributed by atoms with van der Waals surface area (Å²) in [7, 11) is 0. The number of imidazole rings is 1. The molecule has 1 N–H and O–H groups in total. The molecule has 4 heteroatoms. The molecule has 8 aromatic carbocycles. The molecule has 1 aliphatic rings. The van der Waals surface area contributed by atoms with Gasteiger partial charge in [0.2, 0.25) is 0 Å². The summed E-state index contributed by atoms with van der Waals surface area (Å²) in [6, 6.07) is 70.1. The minimum absolute atomic E-state index is 0.170. The van der Waals surface area contributed by atoms with Crippen molar-refractivity contribution in [3.05, 3.63) is 228 Å². The number of phenolic OH excluding ortho intramolecular Hbond substituents is 1. The lowest BCUT2D eigenvalue weighted by atomic mass is 9.77. The van der Waals surface area contributed by atoms with Crippen LogP contribution in [0.3, 0.4) is 0 Å². The third-order valence-electron chi connectivity index (χ3n) is 16.0. The van der Waals surface area contributed by atoms with Gasteiger partial charge in [0.25, 0.3) is 0 Å². The Bertz CT molecular complexity index is 3680. The highest BCUT2D eigenvalue weighted by atomic mass is 16.3. The number of fused-ring (bicyclic) bond motifs is 1. The molecule has 0 amide bonds. The normalized spacial score (nSPS) is 13.4. The summed E-state index contributed by atoms with van der Waals surface area (Å²) in [5, 5.41) is 12.8. The number of rotatable bonds is 11. The molecule has 1 fully saturated rings. The zero-order chi connectivity index (χ0) is 52.1. The number of hydrogen-bond donors (Lipinski definition) is 1. The van der Waals surface area contributed by atoms with Crippen LogP contribution in [0.2, 0.25) is 0 Å². The molecule has 10 aromatic rings. The summed E-state index contributed by atoms with van der Waals surface area (Å²) in [5.74, 6) is 1.61. The molecule has 0 saturated heterocycles. The zero-order valence-electron chi connectivity index (χ0n) is 45.0. The molecule has 2 heterocycles. The molecule has 0 radical (unpaired) electrons. The number of nitrogens with zero attached hydrogens (tertiary/aromatic N) is 3. The topological polar surface area (TPSA) is 50.9 Å². The molecule has 374 valence electrons. The molecule has 0 aliphatic heterocycles. The van der Waals surface area contributed by atoms with Gasteiger partial charge in [-0.25, -0.2) is 4.98 Å². The van der Waals surface area contributed by atoms with Crippen molar-refractivity contribution < 1.29 is 5.11 Å². The predicted octanol–water partition coefficient (Wildman–Crippen LogP) is 18.8. The first-order chi connectivity index (χ1) is 36.1. The SMILES string of the molecule is CC(C)(C)c1cc(-c2cc(-c3cccc(C(C)(C)c4ccccc4)c3)ccn2)cc(-c2cccc3c2nc(-c2cc(C(C)(C)C)cc(-c4ccccc4)c2O)n3-c2ccc(CC3CCCC3)cc2-c2ccccc2)c1. The minimum Gasteiger partial charge on any atom is -0.507 e. The largest absolute Gasteiger partial charge is 0.507 e. The lowest BCUT2D eigenvalue weighted by Gasteiger charge is -2.26. The van der Waals surface area contributed by atoms with Crippen molar-refractivity contribution in [2.75, 3.05) is 0 Å². The highest BCUT2D eigenvalue weighted by Crippen LogP contribution is 2.46. The summed E-state index contributed by atoms with van der Waals surface area (Å²) in [4.78, 5) is 10.9. The van der Waals surface area contributed by atoms with Crippen molar-refractivity contribution >= 4 is 11.0 Å². The highest BCUT2D eigenvalue weighted by Gasteiger charge is 2.28. The van der Waals surface area contributed by atoms with Gasteiger partial charge >= 0.3 is 0 Å². The van der Waals surface area contributed by atoms with Gasteiger partial charge in [-0.1, -0.05) is 221 Å². The van der Waals surface area contributed by atoms with E-state index in [0.717, 1.165) is 84.5 Å². The van der Waals surface area contributed by atoms with Gasteiger partial charge in [-0.3, -0.25) is 9.55 Å². The van der Waals surface area contributed by atoms with Crippen LogP contribution in [0.15, 0.2) is 200 Å². The molecule has 2 aromatic heterocycles. The van der Waals surface area contributed by atoms with Crippen molar-refractivity contribution in [2.24, 2.45) is 5.92 Å². The van der Waals surface area contributed by atoms with E-state index in [0.29, 0.717) is 17.3 Å². The summed E-state index contributed by atoms with van der Waals surface area (Å²) in [5.41, 5.74) is 19.5. The summed E-state index contributed by atoms with van der Waals surface area (Å²) in [6.07, 6.45) is 8.22. The van der Waals surface area contributed by atoms with Gasteiger partial charge in [0.05, 0.1) is 28.0 Å². The van der Waals surface area contributed by atoms with E-state index in [4.69, 9.17) is 9.97 Å². The van der Waals surface area contributed by atoms with Gasteiger partial charge < -0.3 is 5.11 Å². The van der Waals surface area contributed by atoms with E-state index in [1.807, 2.05) is 24.4 Å². The summed E-state index contributed by atoms with van der Waals surface area (Å²) < 4.78 is 2.32.